The number of ether oxygens (including phenoxy) is 3. The summed E-state index contributed by atoms with van der Waals surface area (Å²) >= 11 is 0. The van der Waals surface area contributed by atoms with Gasteiger partial charge in [-0.3, -0.25) is 9.69 Å². The van der Waals surface area contributed by atoms with Crippen LogP contribution in [-0.2, 0) is 16.1 Å². The van der Waals surface area contributed by atoms with Gasteiger partial charge in [-0.05, 0) is 37.6 Å². The van der Waals surface area contributed by atoms with E-state index >= 15 is 0 Å². The molecule has 1 saturated heterocycles. The molecule has 9 heteroatoms. The lowest BCUT2D eigenvalue weighted by atomic mass is 9.97. The first-order valence-electron chi connectivity index (χ1n) is 9.68. The Morgan fingerprint density at radius 1 is 1.28 bits per heavy atom. The molecule has 9 nitrogen and oxygen atoms in total. The van der Waals surface area contributed by atoms with Crippen molar-refractivity contribution in [2.45, 2.75) is 19.4 Å². The highest BCUT2D eigenvalue weighted by Gasteiger charge is 2.26. The zero-order valence-corrected chi connectivity index (χ0v) is 17.1. The molecule has 1 N–H and O–H groups in total. The van der Waals surface area contributed by atoms with Gasteiger partial charge in [-0.15, -0.1) is 0 Å². The van der Waals surface area contributed by atoms with Crippen LogP contribution in [0.3, 0.4) is 0 Å². The number of benzene rings is 1. The second-order valence-corrected chi connectivity index (χ2v) is 6.94. The number of hydrogen-bond donors (Lipinski definition) is 1. The van der Waals surface area contributed by atoms with E-state index in [1.165, 1.54) is 0 Å². The third-order valence-electron chi connectivity index (χ3n) is 4.95. The zero-order chi connectivity index (χ0) is 20.6. The second kappa shape index (κ2) is 10.2. The Morgan fingerprint density at radius 3 is 2.86 bits per heavy atom. The van der Waals surface area contributed by atoms with Gasteiger partial charge in [0, 0.05) is 25.8 Å². The van der Waals surface area contributed by atoms with Crippen LogP contribution in [0.5, 0.6) is 11.5 Å². The number of nitrogens with one attached hydrogen (secondary N) is 1. The Bertz CT molecular complexity index is 810. The fourth-order valence-corrected chi connectivity index (χ4v) is 3.44. The first kappa shape index (κ1) is 21.1. The smallest absolute Gasteiger partial charge is 0.241 e. The van der Waals surface area contributed by atoms with Gasteiger partial charge in [-0.2, -0.15) is 4.98 Å². The predicted molar refractivity (Wildman–Crippen MR) is 106 cm³/mol. The van der Waals surface area contributed by atoms with Crippen molar-refractivity contribution in [2.75, 3.05) is 47.6 Å². The maximum atomic E-state index is 12.3. The van der Waals surface area contributed by atoms with E-state index < -0.39 is 0 Å². The third kappa shape index (κ3) is 5.45. The van der Waals surface area contributed by atoms with Crippen molar-refractivity contribution >= 4 is 5.91 Å². The van der Waals surface area contributed by atoms with Crippen LogP contribution < -0.4 is 14.8 Å². The van der Waals surface area contributed by atoms with Gasteiger partial charge in [-0.1, -0.05) is 5.16 Å². The number of likely N-dealkylation sites (tertiary alicyclic amines) is 1. The summed E-state index contributed by atoms with van der Waals surface area (Å²) in [4.78, 5) is 19.0. The molecule has 0 bridgehead atoms. The number of nitrogens with zero attached hydrogens (tertiary/aromatic N) is 3. The molecule has 1 atom stereocenters. The van der Waals surface area contributed by atoms with Crippen molar-refractivity contribution in [3.05, 3.63) is 24.1 Å². The summed E-state index contributed by atoms with van der Waals surface area (Å²) in [5, 5.41) is 7.00. The highest BCUT2D eigenvalue weighted by atomic mass is 16.5. The normalized spacial score (nSPS) is 17.1. The molecule has 2 heterocycles. The lowest BCUT2D eigenvalue weighted by molar-refractivity contribution is -0.127. The molecule has 0 aliphatic carbocycles. The van der Waals surface area contributed by atoms with Gasteiger partial charge >= 0.3 is 0 Å². The van der Waals surface area contributed by atoms with E-state index in [-0.39, 0.29) is 11.8 Å². The van der Waals surface area contributed by atoms with Crippen LogP contribution in [-0.4, -0.2) is 68.5 Å². The van der Waals surface area contributed by atoms with Crippen molar-refractivity contribution in [3.63, 3.8) is 0 Å². The molecule has 158 valence electrons. The summed E-state index contributed by atoms with van der Waals surface area (Å²) in [6.45, 7) is 3.14. The van der Waals surface area contributed by atoms with E-state index in [1.54, 1.807) is 21.3 Å². The number of rotatable bonds is 9. The van der Waals surface area contributed by atoms with Crippen LogP contribution in [0, 0.1) is 5.92 Å². The van der Waals surface area contributed by atoms with E-state index in [4.69, 9.17) is 18.7 Å². The molecule has 1 fully saturated rings. The Kier molecular flexibility index (Phi) is 7.42. The van der Waals surface area contributed by atoms with E-state index in [1.807, 2.05) is 18.2 Å². The molecule has 1 aromatic carbocycles. The lowest BCUT2D eigenvalue weighted by Gasteiger charge is -2.30. The molecule has 3 rings (SSSR count). The van der Waals surface area contributed by atoms with Gasteiger partial charge < -0.3 is 24.1 Å². The molecular formula is C20H28N4O5. The van der Waals surface area contributed by atoms with E-state index in [9.17, 15) is 4.79 Å². The summed E-state index contributed by atoms with van der Waals surface area (Å²) in [5.41, 5.74) is 0.784. The number of hydrogen-bond acceptors (Lipinski definition) is 8. The zero-order valence-electron chi connectivity index (χ0n) is 17.1. The summed E-state index contributed by atoms with van der Waals surface area (Å²) < 4.78 is 21.0. The quantitative estimate of drug-likeness (QED) is 0.631. The summed E-state index contributed by atoms with van der Waals surface area (Å²) in [5.74, 6) is 2.30. The standard InChI is InChI=1S/C20H28N4O5/c1-26-10-8-21-20(25)15-5-4-9-24(12-15)13-18-22-19(23-29-18)14-6-7-16(27-2)17(11-14)28-3/h6-7,11,15H,4-5,8-10,12-13H2,1-3H3,(H,21,25)/t15-/m0/s1. The van der Waals surface area contributed by atoms with Crippen LogP contribution in [0.15, 0.2) is 22.7 Å². The van der Waals surface area contributed by atoms with Gasteiger partial charge in [0.25, 0.3) is 0 Å². The van der Waals surface area contributed by atoms with Crippen LogP contribution in [0.2, 0.25) is 0 Å². The largest absolute Gasteiger partial charge is 0.493 e. The lowest BCUT2D eigenvalue weighted by Crippen LogP contribution is -2.43. The van der Waals surface area contributed by atoms with E-state index in [2.05, 4.69) is 20.4 Å². The Labute approximate surface area is 170 Å². The summed E-state index contributed by atoms with van der Waals surface area (Å²) in [6, 6.07) is 5.48. The molecule has 0 saturated carbocycles. The number of carbonyl (C=O) groups excluding carboxylic acids is 1. The summed E-state index contributed by atoms with van der Waals surface area (Å²) in [6.07, 6.45) is 1.84. The second-order valence-electron chi connectivity index (χ2n) is 6.94. The molecule has 1 amide bonds. The van der Waals surface area contributed by atoms with Crippen molar-refractivity contribution in [1.29, 1.82) is 0 Å². The molecular weight excluding hydrogens is 376 g/mol. The van der Waals surface area contributed by atoms with Crippen LogP contribution in [0.25, 0.3) is 11.4 Å². The Hall–Kier alpha value is -2.65. The maximum absolute atomic E-state index is 12.3. The van der Waals surface area contributed by atoms with Gasteiger partial charge in [-0.25, -0.2) is 0 Å². The molecule has 2 aromatic rings. The monoisotopic (exact) mass is 404 g/mol. The maximum Gasteiger partial charge on any atom is 0.241 e. The van der Waals surface area contributed by atoms with Crippen LogP contribution in [0.4, 0.5) is 0 Å². The van der Waals surface area contributed by atoms with E-state index in [0.29, 0.717) is 49.5 Å². The Morgan fingerprint density at radius 2 is 2.10 bits per heavy atom. The molecule has 1 aromatic heterocycles. The predicted octanol–water partition coefficient (Wildman–Crippen LogP) is 1.73. The van der Waals surface area contributed by atoms with Crippen molar-refractivity contribution < 1.29 is 23.5 Å². The first-order valence-corrected chi connectivity index (χ1v) is 9.68. The first-order chi connectivity index (χ1) is 14.1. The highest BCUT2D eigenvalue weighted by molar-refractivity contribution is 5.78. The molecule has 1 aliphatic heterocycles. The number of carbonyl (C=O) groups is 1. The average molecular weight is 404 g/mol. The van der Waals surface area contributed by atoms with E-state index in [0.717, 1.165) is 24.9 Å². The minimum absolute atomic E-state index is 0.0335. The SMILES string of the molecule is COCCNC(=O)[C@H]1CCCN(Cc2nc(-c3ccc(OC)c(OC)c3)no2)C1. The van der Waals surface area contributed by atoms with Crippen molar-refractivity contribution in [2.24, 2.45) is 5.92 Å². The van der Waals surface area contributed by atoms with Gasteiger partial charge in [0.05, 0.1) is 33.3 Å². The number of aromatic nitrogens is 2. The summed E-state index contributed by atoms with van der Waals surface area (Å²) in [7, 11) is 4.80. The molecule has 29 heavy (non-hydrogen) atoms. The fraction of sp³-hybridized carbons (Fsp3) is 0.550. The minimum Gasteiger partial charge on any atom is -0.493 e. The fourth-order valence-electron chi connectivity index (χ4n) is 3.44. The number of methoxy groups -OCH3 is 3. The number of amides is 1. The highest BCUT2D eigenvalue weighted by Crippen LogP contribution is 2.31. The Balaban J connectivity index is 1.60. The van der Waals surface area contributed by atoms with Crippen molar-refractivity contribution in [1.82, 2.24) is 20.4 Å². The van der Waals surface area contributed by atoms with Gasteiger partial charge in [0.1, 0.15) is 0 Å². The third-order valence-corrected chi connectivity index (χ3v) is 4.95. The molecule has 1 aliphatic rings. The van der Waals surface area contributed by atoms with Crippen LogP contribution >= 0.6 is 0 Å². The van der Waals surface area contributed by atoms with Crippen molar-refractivity contribution in [3.8, 4) is 22.9 Å². The molecule has 0 radical (unpaired) electrons. The molecule has 0 spiro atoms. The topological polar surface area (TPSA) is 99.0 Å². The van der Waals surface area contributed by atoms with Crippen LogP contribution in [0.1, 0.15) is 18.7 Å². The average Bonchev–Trinajstić information content (AvgIpc) is 3.22. The van der Waals surface area contributed by atoms with Gasteiger partial charge in [0.2, 0.25) is 17.6 Å². The molecule has 0 unspecified atom stereocenters. The number of piperidine rings is 1. The minimum atomic E-state index is -0.0335. The van der Waals surface area contributed by atoms with Gasteiger partial charge in [0.15, 0.2) is 11.5 Å².